The fraction of sp³-hybridized carbons (Fsp3) is 0.250. The fourth-order valence-electron chi connectivity index (χ4n) is 2.25. The maximum atomic E-state index is 12.0. The van der Waals surface area contributed by atoms with E-state index in [1.165, 1.54) is 11.8 Å². The largest absolute Gasteiger partial charge is 0.396 e. The van der Waals surface area contributed by atoms with E-state index in [0.29, 0.717) is 44.5 Å². The van der Waals surface area contributed by atoms with Gasteiger partial charge in [-0.15, -0.1) is 0 Å². The third-order valence-corrected chi connectivity index (χ3v) is 4.67. The maximum Gasteiger partial charge on any atom is 0.255 e. The van der Waals surface area contributed by atoms with Gasteiger partial charge in [-0.3, -0.25) is 4.79 Å². The summed E-state index contributed by atoms with van der Waals surface area (Å²) >= 11 is 7.40. The van der Waals surface area contributed by atoms with Gasteiger partial charge in [0.05, 0.1) is 10.8 Å². The number of aliphatic hydroxyl groups excluding tert-OH is 1. The molecule has 0 saturated heterocycles. The molecule has 0 unspecified atom stereocenters. The van der Waals surface area contributed by atoms with Crippen molar-refractivity contribution in [1.29, 1.82) is 0 Å². The molecule has 2 N–H and O–H groups in total. The highest BCUT2D eigenvalue weighted by atomic mass is 35.5. The number of thioether (sulfide) groups is 1. The van der Waals surface area contributed by atoms with E-state index in [2.05, 4.69) is 20.1 Å². The maximum absolute atomic E-state index is 12.0. The van der Waals surface area contributed by atoms with E-state index in [1.807, 2.05) is 18.2 Å². The van der Waals surface area contributed by atoms with Gasteiger partial charge < -0.3 is 14.6 Å². The second kappa shape index (κ2) is 7.81. The van der Waals surface area contributed by atoms with Gasteiger partial charge in [0, 0.05) is 29.8 Å². The molecule has 0 fully saturated rings. The molecule has 1 aromatic carbocycles. The predicted molar refractivity (Wildman–Crippen MR) is 94.7 cm³/mol. The van der Waals surface area contributed by atoms with Crippen LogP contribution >= 0.6 is 23.4 Å². The zero-order chi connectivity index (χ0) is 17.8. The Bertz CT molecular complexity index is 941. The third-order valence-electron chi connectivity index (χ3n) is 3.48. The number of hydrogen-bond donors (Lipinski definition) is 2. The zero-order valence-electron chi connectivity index (χ0n) is 13.3. The first-order valence-corrected chi connectivity index (χ1v) is 8.85. The van der Waals surface area contributed by atoms with Crippen molar-refractivity contribution < 1.29 is 9.63 Å². The molecule has 0 spiro atoms. The standard InChI is InChI=1S/C16H15ClN4O3S/c1-9-10(6-7-22)15(23)20-16(18-9)25-8-13-19-14(21-24-13)11-4-2-3-5-12(11)17/h2-5,22H,6-8H2,1H3,(H,18,20,23). The van der Waals surface area contributed by atoms with Crippen molar-refractivity contribution in [2.75, 3.05) is 6.61 Å². The number of aliphatic hydroxyl groups is 1. The summed E-state index contributed by atoms with van der Waals surface area (Å²) in [7, 11) is 0. The second-order valence-corrected chi connectivity index (χ2v) is 6.56. The predicted octanol–water partition coefficient (Wildman–Crippen LogP) is 2.61. The molecule has 2 heterocycles. The van der Waals surface area contributed by atoms with Crippen molar-refractivity contribution in [3.63, 3.8) is 0 Å². The van der Waals surface area contributed by atoms with Crippen molar-refractivity contribution in [2.24, 2.45) is 0 Å². The molecule has 7 nitrogen and oxygen atoms in total. The lowest BCUT2D eigenvalue weighted by Crippen LogP contribution is -2.18. The molecule has 2 aromatic heterocycles. The van der Waals surface area contributed by atoms with Gasteiger partial charge in [0.15, 0.2) is 5.16 Å². The Labute approximate surface area is 152 Å². The molecule has 3 rings (SSSR count). The van der Waals surface area contributed by atoms with Crippen molar-refractivity contribution >= 4 is 23.4 Å². The SMILES string of the molecule is Cc1nc(SCc2nc(-c3ccccc3Cl)no2)[nH]c(=O)c1CCO. The smallest absolute Gasteiger partial charge is 0.255 e. The lowest BCUT2D eigenvalue weighted by Gasteiger charge is -2.04. The van der Waals surface area contributed by atoms with Gasteiger partial charge in [-0.2, -0.15) is 4.98 Å². The molecule has 0 bridgehead atoms. The van der Waals surface area contributed by atoms with Gasteiger partial charge in [-0.1, -0.05) is 40.7 Å². The van der Waals surface area contributed by atoms with E-state index in [1.54, 1.807) is 13.0 Å². The average molecular weight is 379 g/mol. The number of nitrogens with one attached hydrogen (secondary N) is 1. The van der Waals surface area contributed by atoms with E-state index < -0.39 is 0 Å². The van der Waals surface area contributed by atoms with E-state index in [0.717, 1.165) is 0 Å². The first-order chi connectivity index (χ1) is 12.1. The van der Waals surface area contributed by atoms with Crippen LogP contribution in [0.25, 0.3) is 11.4 Å². The van der Waals surface area contributed by atoms with Crippen LogP contribution in [0.4, 0.5) is 0 Å². The van der Waals surface area contributed by atoms with Gasteiger partial charge in [-0.05, 0) is 19.1 Å². The van der Waals surface area contributed by atoms with Crippen LogP contribution in [-0.2, 0) is 12.2 Å². The molecule has 3 aromatic rings. The van der Waals surface area contributed by atoms with Gasteiger partial charge in [0.25, 0.3) is 5.56 Å². The summed E-state index contributed by atoms with van der Waals surface area (Å²) in [5.41, 5.74) is 1.54. The quantitative estimate of drug-likeness (QED) is 0.501. The van der Waals surface area contributed by atoms with Gasteiger partial charge in [0.1, 0.15) is 0 Å². The van der Waals surface area contributed by atoms with Crippen LogP contribution < -0.4 is 5.56 Å². The molecular weight excluding hydrogens is 364 g/mol. The van der Waals surface area contributed by atoms with Crippen LogP contribution in [0.15, 0.2) is 38.7 Å². The first kappa shape index (κ1) is 17.7. The molecule has 0 aliphatic rings. The molecule has 0 atom stereocenters. The van der Waals surface area contributed by atoms with Gasteiger partial charge in [0.2, 0.25) is 11.7 Å². The molecule has 25 heavy (non-hydrogen) atoms. The van der Waals surface area contributed by atoms with E-state index in [9.17, 15) is 4.79 Å². The van der Waals surface area contributed by atoms with Crippen LogP contribution in [0.1, 0.15) is 17.1 Å². The molecule has 0 aliphatic heterocycles. The van der Waals surface area contributed by atoms with Crippen molar-refractivity contribution in [2.45, 2.75) is 24.3 Å². The summed E-state index contributed by atoms with van der Waals surface area (Å²) in [5.74, 6) is 1.18. The number of aryl methyl sites for hydroxylation is 1. The lowest BCUT2D eigenvalue weighted by atomic mass is 10.2. The zero-order valence-corrected chi connectivity index (χ0v) is 14.9. The summed E-state index contributed by atoms with van der Waals surface area (Å²) in [6.07, 6.45) is 0.282. The molecule has 0 amide bonds. The number of nitrogens with zero attached hydrogens (tertiary/aromatic N) is 3. The van der Waals surface area contributed by atoms with E-state index in [4.69, 9.17) is 21.2 Å². The fourth-order valence-corrected chi connectivity index (χ4v) is 3.22. The first-order valence-electron chi connectivity index (χ1n) is 7.49. The van der Waals surface area contributed by atoms with Crippen molar-refractivity contribution in [1.82, 2.24) is 20.1 Å². The molecule has 0 saturated carbocycles. The van der Waals surface area contributed by atoms with Crippen LogP contribution in [-0.4, -0.2) is 31.8 Å². The van der Waals surface area contributed by atoms with Crippen LogP contribution in [0, 0.1) is 6.92 Å². The Hall–Kier alpha value is -2.16. The monoisotopic (exact) mass is 378 g/mol. The lowest BCUT2D eigenvalue weighted by molar-refractivity contribution is 0.298. The number of rotatable bonds is 6. The minimum Gasteiger partial charge on any atom is -0.396 e. The Morgan fingerprint density at radius 3 is 2.84 bits per heavy atom. The highest BCUT2D eigenvalue weighted by molar-refractivity contribution is 7.98. The molecule has 0 aliphatic carbocycles. The molecule has 9 heteroatoms. The third kappa shape index (κ3) is 4.09. The number of aromatic nitrogens is 4. The Morgan fingerprint density at radius 2 is 2.12 bits per heavy atom. The van der Waals surface area contributed by atoms with E-state index >= 15 is 0 Å². The minimum absolute atomic E-state index is 0.0924. The highest BCUT2D eigenvalue weighted by Gasteiger charge is 2.13. The summed E-state index contributed by atoms with van der Waals surface area (Å²) in [5, 5.41) is 13.9. The Kier molecular flexibility index (Phi) is 5.52. The average Bonchev–Trinajstić information content (AvgIpc) is 3.05. The van der Waals surface area contributed by atoms with Crippen molar-refractivity contribution in [3.05, 3.63) is 56.8 Å². The summed E-state index contributed by atoms with van der Waals surface area (Å²) < 4.78 is 5.23. The summed E-state index contributed by atoms with van der Waals surface area (Å²) in [6.45, 7) is 1.65. The highest BCUT2D eigenvalue weighted by Crippen LogP contribution is 2.26. The number of hydrogen-bond acceptors (Lipinski definition) is 7. The van der Waals surface area contributed by atoms with E-state index in [-0.39, 0.29) is 18.6 Å². The summed E-state index contributed by atoms with van der Waals surface area (Å²) in [4.78, 5) is 23.3. The number of halogens is 1. The van der Waals surface area contributed by atoms with Crippen LogP contribution in [0.3, 0.4) is 0 Å². The van der Waals surface area contributed by atoms with Gasteiger partial charge in [-0.25, -0.2) is 4.98 Å². The topological polar surface area (TPSA) is 105 Å². The van der Waals surface area contributed by atoms with Crippen molar-refractivity contribution in [3.8, 4) is 11.4 Å². The van der Waals surface area contributed by atoms with Crippen LogP contribution in [0.2, 0.25) is 5.02 Å². The molecular formula is C16H15ClN4O3S. The Balaban J connectivity index is 1.73. The second-order valence-electron chi connectivity index (χ2n) is 5.19. The molecule has 130 valence electrons. The summed E-state index contributed by atoms with van der Waals surface area (Å²) in [6, 6.07) is 7.24. The number of aromatic amines is 1. The van der Waals surface area contributed by atoms with Crippen LogP contribution in [0.5, 0.6) is 0 Å². The van der Waals surface area contributed by atoms with Gasteiger partial charge >= 0.3 is 0 Å². The minimum atomic E-state index is -0.244. The molecule has 0 radical (unpaired) electrons. The number of H-pyrrole nitrogens is 1. The normalized spacial score (nSPS) is 11.0. The number of benzene rings is 1. The Morgan fingerprint density at radius 1 is 1.32 bits per heavy atom.